The van der Waals surface area contributed by atoms with Crippen LogP contribution in [0.5, 0.6) is 5.75 Å². The second-order valence-electron chi connectivity index (χ2n) is 7.34. The first-order chi connectivity index (χ1) is 13.3. The molecule has 0 bridgehead atoms. The highest BCUT2D eigenvalue weighted by Gasteiger charge is 2.22. The Balaban J connectivity index is 1.58. The molecule has 1 fully saturated rings. The van der Waals surface area contributed by atoms with Gasteiger partial charge in [-0.25, -0.2) is 9.37 Å². The lowest BCUT2D eigenvalue weighted by molar-refractivity contribution is 0.279. The van der Waals surface area contributed by atoms with Crippen LogP contribution in [0, 0.1) is 5.82 Å². The van der Waals surface area contributed by atoms with Crippen molar-refractivity contribution in [1.82, 2.24) is 14.5 Å². The molecule has 0 unspecified atom stereocenters. The molecule has 3 aromatic heterocycles. The summed E-state index contributed by atoms with van der Waals surface area (Å²) in [6.45, 7) is 0.461. The number of pyridine rings is 1. The van der Waals surface area contributed by atoms with Crippen LogP contribution in [0.4, 0.5) is 4.39 Å². The molecule has 4 nitrogen and oxygen atoms in total. The highest BCUT2D eigenvalue weighted by Crippen LogP contribution is 2.36. The number of rotatable bonds is 4. The second kappa shape index (κ2) is 6.72. The molecule has 0 saturated heterocycles. The van der Waals surface area contributed by atoms with Crippen LogP contribution in [0.25, 0.3) is 21.9 Å². The molecule has 138 valence electrons. The average molecular weight is 363 g/mol. The van der Waals surface area contributed by atoms with Crippen LogP contribution in [-0.4, -0.2) is 14.5 Å². The molecule has 0 atom stereocenters. The third-order valence-electron chi connectivity index (χ3n) is 5.60. The Kier molecular flexibility index (Phi) is 4.07. The molecule has 0 spiro atoms. The normalized spacial score (nSPS) is 15.6. The molecule has 1 saturated carbocycles. The summed E-state index contributed by atoms with van der Waals surface area (Å²) < 4.78 is 21.6. The highest BCUT2D eigenvalue weighted by atomic mass is 19.1. The van der Waals surface area contributed by atoms with Gasteiger partial charge in [-0.15, -0.1) is 0 Å². The number of aromatic nitrogens is 3. The summed E-state index contributed by atoms with van der Waals surface area (Å²) in [4.78, 5) is 7.77. The largest absolute Gasteiger partial charge is 0.487 e. The van der Waals surface area contributed by atoms with Crippen LogP contribution >= 0.6 is 0 Å². The number of H-pyrrole nitrogens is 1. The number of nitrogens with zero attached hydrogens (tertiary/aromatic N) is 2. The van der Waals surface area contributed by atoms with Crippen LogP contribution in [0.3, 0.4) is 0 Å². The number of hydrogen-bond donors (Lipinski definition) is 1. The van der Waals surface area contributed by atoms with E-state index >= 15 is 0 Å². The summed E-state index contributed by atoms with van der Waals surface area (Å²) in [5.74, 6) is 0.432. The third-order valence-corrected chi connectivity index (χ3v) is 5.60. The first-order valence-electron chi connectivity index (χ1n) is 9.64. The molecule has 1 aromatic carbocycles. The number of halogens is 1. The van der Waals surface area contributed by atoms with E-state index in [2.05, 4.69) is 26.7 Å². The Bertz CT molecular complexity index is 1070. The molecule has 1 N–H and O–H groups in total. The van der Waals surface area contributed by atoms with Gasteiger partial charge >= 0.3 is 0 Å². The summed E-state index contributed by atoms with van der Waals surface area (Å²) in [6, 6.07) is 11.0. The summed E-state index contributed by atoms with van der Waals surface area (Å²) in [7, 11) is 0. The number of benzene rings is 1. The van der Waals surface area contributed by atoms with Gasteiger partial charge in [-0.1, -0.05) is 19.3 Å². The maximum absolute atomic E-state index is 13.1. The molecule has 1 aliphatic carbocycles. The zero-order valence-corrected chi connectivity index (χ0v) is 15.1. The molecule has 0 aliphatic heterocycles. The second-order valence-corrected chi connectivity index (χ2v) is 7.34. The first-order valence-corrected chi connectivity index (χ1v) is 9.64. The third kappa shape index (κ3) is 2.97. The molecule has 5 rings (SSSR count). The van der Waals surface area contributed by atoms with Crippen molar-refractivity contribution in [3.05, 3.63) is 60.3 Å². The van der Waals surface area contributed by atoms with Crippen molar-refractivity contribution in [1.29, 1.82) is 0 Å². The van der Waals surface area contributed by atoms with Crippen molar-refractivity contribution in [2.24, 2.45) is 0 Å². The standard InChI is InChI=1S/C22H22FN3O/c23-16-6-8-19(9-7-16)27-14-18-12-15-13-25-22-20(10-11-24-22)21(15)26(18)17-4-2-1-3-5-17/h6-13,17H,1-5,14H2,(H,24,25). The number of hydrogen-bond acceptors (Lipinski definition) is 2. The van der Waals surface area contributed by atoms with E-state index in [9.17, 15) is 4.39 Å². The van der Waals surface area contributed by atoms with Crippen LogP contribution in [0.1, 0.15) is 43.8 Å². The number of ether oxygens (including phenoxy) is 1. The lowest BCUT2D eigenvalue weighted by Gasteiger charge is -2.26. The quantitative estimate of drug-likeness (QED) is 0.502. The zero-order chi connectivity index (χ0) is 18.2. The van der Waals surface area contributed by atoms with Crippen LogP contribution in [0.2, 0.25) is 0 Å². The molecular formula is C22H22FN3O. The summed E-state index contributed by atoms with van der Waals surface area (Å²) >= 11 is 0. The van der Waals surface area contributed by atoms with Gasteiger partial charge in [0.25, 0.3) is 0 Å². The maximum Gasteiger partial charge on any atom is 0.139 e. The fourth-order valence-corrected chi connectivity index (χ4v) is 4.33. The van der Waals surface area contributed by atoms with Crippen molar-refractivity contribution < 1.29 is 9.13 Å². The van der Waals surface area contributed by atoms with Gasteiger partial charge in [0.15, 0.2) is 0 Å². The van der Waals surface area contributed by atoms with Gasteiger partial charge in [-0.3, -0.25) is 0 Å². The number of fused-ring (bicyclic) bond motifs is 3. The van der Waals surface area contributed by atoms with Crippen LogP contribution in [0.15, 0.2) is 48.8 Å². The van der Waals surface area contributed by atoms with Crippen LogP contribution < -0.4 is 4.74 Å². The minimum absolute atomic E-state index is 0.250. The molecular weight excluding hydrogens is 341 g/mol. The minimum Gasteiger partial charge on any atom is -0.487 e. The summed E-state index contributed by atoms with van der Waals surface area (Å²) in [6.07, 6.45) is 10.1. The van der Waals surface area contributed by atoms with E-state index in [0.717, 1.165) is 22.1 Å². The van der Waals surface area contributed by atoms with Crippen molar-refractivity contribution >= 4 is 21.9 Å². The topological polar surface area (TPSA) is 42.8 Å². The molecule has 0 radical (unpaired) electrons. The van der Waals surface area contributed by atoms with E-state index < -0.39 is 0 Å². The molecule has 1 aliphatic rings. The van der Waals surface area contributed by atoms with E-state index in [0.29, 0.717) is 18.4 Å². The summed E-state index contributed by atoms with van der Waals surface area (Å²) in [5, 5.41) is 2.30. The molecule has 0 amide bonds. The predicted molar refractivity (Wildman–Crippen MR) is 104 cm³/mol. The smallest absolute Gasteiger partial charge is 0.139 e. The summed E-state index contributed by atoms with van der Waals surface area (Å²) in [5.41, 5.74) is 3.31. The van der Waals surface area contributed by atoms with Crippen molar-refractivity contribution in [2.45, 2.75) is 44.8 Å². The Labute approximate surface area is 157 Å². The van der Waals surface area contributed by atoms with E-state index in [1.807, 2.05) is 12.4 Å². The predicted octanol–water partition coefficient (Wildman–Crippen LogP) is 5.74. The molecule has 3 heterocycles. The Morgan fingerprint density at radius 2 is 1.93 bits per heavy atom. The Morgan fingerprint density at radius 3 is 2.74 bits per heavy atom. The van der Waals surface area contributed by atoms with Crippen LogP contribution in [-0.2, 0) is 6.61 Å². The number of nitrogens with one attached hydrogen (secondary N) is 1. The van der Waals surface area contributed by atoms with E-state index in [1.165, 1.54) is 49.8 Å². The maximum atomic E-state index is 13.1. The van der Waals surface area contributed by atoms with Gasteiger partial charge in [0.1, 0.15) is 23.8 Å². The average Bonchev–Trinajstić information content (AvgIpc) is 3.32. The monoisotopic (exact) mass is 363 g/mol. The van der Waals surface area contributed by atoms with E-state index in [4.69, 9.17) is 4.74 Å². The molecule has 5 heteroatoms. The molecule has 4 aromatic rings. The number of aromatic amines is 1. The van der Waals surface area contributed by atoms with Crippen molar-refractivity contribution in [3.8, 4) is 5.75 Å². The van der Waals surface area contributed by atoms with E-state index in [1.54, 1.807) is 12.1 Å². The fourth-order valence-electron chi connectivity index (χ4n) is 4.33. The first kappa shape index (κ1) is 16.4. The minimum atomic E-state index is -0.250. The Hall–Kier alpha value is -2.82. The highest BCUT2D eigenvalue weighted by molar-refractivity contribution is 6.03. The van der Waals surface area contributed by atoms with Crippen molar-refractivity contribution in [2.75, 3.05) is 0 Å². The van der Waals surface area contributed by atoms with Gasteiger partial charge in [-0.05, 0) is 49.2 Å². The van der Waals surface area contributed by atoms with Gasteiger partial charge in [-0.2, -0.15) is 0 Å². The molecule has 27 heavy (non-hydrogen) atoms. The zero-order valence-electron chi connectivity index (χ0n) is 15.1. The van der Waals surface area contributed by atoms with E-state index in [-0.39, 0.29) is 5.82 Å². The Morgan fingerprint density at radius 1 is 1.11 bits per heavy atom. The van der Waals surface area contributed by atoms with Gasteiger partial charge in [0, 0.05) is 29.2 Å². The lowest BCUT2D eigenvalue weighted by Crippen LogP contribution is -2.16. The SMILES string of the molecule is Fc1ccc(OCc2cc3cnc4[nH]ccc4c3n2C2CCCCC2)cc1. The fraction of sp³-hybridized carbons (Fsp3) is 0.318. The van der Waals surface area contributed by atoms with Gasteiger partial charge in [0.2, 0.25) is 0 Å². The lowest BCUT2D eigenvalue weighted by atomic mass is 9.95. The van der Waals surface area contributed by atoms with Gasteiger partial charge in [0.05, 0.1) is 11.2 Å². The van der Waals surface area contributed by atoms with Gasteiger partial charge < -0.3 is 14.3 Å². The van der Waals surface area contributed by atoms with Crippen molar-refractivity contribution in [3.63, 3.8) is 0 Å².